The normalized spacial score (nSPS) is 9.84. The van der Waals surface area contributed by atoms with Gasteiger partial charge in [0.15, 0.2) is 0 Å². The molecule has 0 aliphatic heterocycles. The van der Waals surface area contributed by atoms with E-state index in [4.69, 9.17) is 21.1 Å². The fraction of sp³-hybridized carbons (Fsp3) is 0.111. The van der Waals surface area contributed by atoms with E-state index in [2.05, 4.69) is 16.4 Å². The summed E-state index contributed by atoms with van der Waals surface area (Å²) in [7, 11) is 3.17. The second kappa shape index (κ2) is 7.93. The number of rotatable bonds is 4. The number of pyridine rings is 1. The summed E-state index contributed by atoms with van der Waals surface area (Å²) < 4.78 is 10.6. The number of nitrogens with one attached hydrogen (secondary N) is 1. The second-order valence-electron chi connectivity index (χ2n) is 5.01. The second-order valence-corrected chi connectivity index (χ2v) is 5.45. The van der Waals surface area contributed by atoms with Gasteiger partial charge in [0.2, 0.25) is 0 Å². The zero-order valence-corrected chi connectivity index (χ0v) is 15.1. The Morgan fingerprint density at radius 1 is 1.12 bits per heavy atom. The monoisotopic (exact) mass is 375 g/mol. The van der Waals surface area contributed by atoms with Gasteiger partial charge in [-0.05, 0) is 30.3 Å². The van der Waals surface area contributed by atoms with Gasteiger partial charge in [-0.25, -0.2) is 0 Å². The number of aromatic nitrogens is 1. The molecule has 25 heavy (non-hydrogen) atoms. The summed E-state index contributed by atoms with van der Waals surface area (Å²) in [5.74, 6) is 1.28. The van der Waals surface area contributed by atoms with Gasteiger partial charge in [0.05, 0.1) is 36.7 Å². The molecule has 3 aromatic rings. The van der Waals surface area contributed by atoms with E-state index in [1.807, 2.05) is 18.2 Å². The fourth-order valence-electron chi connectivity index (χ4n) is 2.42. The maximum Gasteiger partial charge on any atom is 0.145 e. The number of nitriles is 1. The third-order valence-electron chi connectivity index (χ3n) is 3.62. The van der Waals surface area contributed by atoms with Crippen LogP contribution in [0.3, 0.4) is 0 Å². The molecule has 0 bridgehead atoms. The maximum atomic E-state index is 9.42. The maximum absolute atomic E-state index is 9.42. The molecular weight excluding hydrogens is 361 g/mol. The van der Waals surface area contributed by atoms with E-state index in [1.165, 1.54) is 6.20 Å². The Balaban J connectivity index is 0.00000225. The van der Waals surface area contributed by atoms with Crippen LogP contribution in [-0.2, 0) is 0 Å². The smallest absolute Gasteiger partial charge is 0.145 e. The van der Waals surface area contributed by atoms with Crippen molar-refractivity contribution in [1.29, 1.82) is 5.26 Å². The molecule has 0 aliphatic rings. The molecule has 0 unspecified atom stereocenters. The molecule has 1 N–H and O–H groups in total. The molecule has 2 aromatic carbocycles. The standard InChI is InChI=1S/C18H14ClN3O2.ClH/c1-23-13-4-6-16(17(8-13)24-2)22-18-11(9-20)10-21-15-5-3-12(19)7-14(15)18;/h3-8,10H,1-2H3,(H,21,22);1H. The van der Waals surface area contributed by atoms with E-state index in [0.717, 1.165) is 10.9 Å². The number of nitrogens with zero attached hydrogens (tertiary/aromatic N) is 2. The molecule has 128 valence electrons. The quantitative estimate of drug-likeness (QED) is 0.698. The highest BCUT2D eigenvalue weighted by atomic mass is 35.5. The predicted molar refractivity (Wildman–Crippen MR) is 102 cm³/mol. The molecule has 0 saturated heterocycles. The Morgan fingerprint density at radius 2 is 1.92 bits per heavy atom. The van der Waals surface area contributed by atoms with E-state index in [-0.39, 0.29) is 12.4 Å². The minimum absolute atomic E-state index is 0. The van der Waals surface area contributed by atoms with Crippen LogP contribution in [0.25, 0.3) is 10.9 Å². The van der Waals surface area contributed by atoms with Gasteiger partial charge < -0.3 is 14.8 Å². The Labute approximate surface area is 156 Å². The van der Waals surface area contributed by atoms with Gasteiger partial charge in [-0.15, -0.1) is 12.4 Å². The average Bonchev–Trinajstić information content (AvgIpc) is 2.62. The van der Waals surface area contributed by atoms with E-state index in [1.54, 1.807) is 32.4 Å². The highest BCUT2D eigenvalue weighted by molar-refractivity contribution is 6.31. The number of fused-ring (bicyclic) bond motifs is 1. The number of ether oxygens (including phenoxy) is 2. The Hall–Kier alpha value is -2.68. The van der Waals surface area contributed by atoms with Crippen LogP contribution in [0.1, 0.15) is 5.56 Å². The number of anilines is 2. The summed E-state index contributed by atoms with van der Waals surface area (Å²) in [5.41, 5.74) is 2.51. The average molecular weight is 376 g/mol. The zero-order valence-electron chi connectivity index (χ0n) is 13.5. The minimum Gasteiger partial charge on any atom is -0.497 e. The highest BCUT2D eigenvalue weighted by Gasteiger charge is 2.13. The molecule has 0 atom stereocenters. The van der Waals surface area contributed by atoms with Crippen LogP contribution < -0.4 is 14.8 Å². The summed E-state index contributed by atoms with van der Waals surface area (Å²) >= 11 is 6.11. The number of hydrogen-bond donors (Lipinski definition) is 1. The molecule has 0 amide bonds. The van der Waals surface area contributed by atoms with Crippen LogP contribution in [0, 0.1) is 11.3 Å². The van der Waals surface area contributed by atoms with Crippen LogP contribution in [-0.4, -0.2) is 19.2 Å². The highest BCUT2D eigenvalue weighted by Crippen LogP contribution is 2.35. The van der Waals surface area contributed by atoms with E-state index >= 15 is 0 Å². The van der Waals surface area contributed by atoms with Crippen molar-refractivity contribution in [3.8, 4) is 17.6 Å². The molecule has 0 aliphatic carbocycles. The van der Waals surface area contributed by atoms with Gasteiger partial charge >= 0.3 is 0 Å². The van der Waals surface area contributed by atoms with Crippen molar-refractivity contribution in [2.75, 3.05) is 19.5 Å². The summed E-state index contributed by atoms with van der Waals surface area (Å²) in [6, 6.07) is 12.9. The lowest BCUT2D eigenvalue weighted by Gasteiger charge is -2.15. The van der Waals surface area contributed by atoms with Crippen LogP contribution in [0.5, 0.6) is 11.5 Å². The number of methoxy groups -OCH3 is 2. The van der Waals surface area contributed by atoms with Crippen LogP contribution >= 0.6 is 24.0 Å². The van der Waals surface area contributed by atoms with Gasteiger partial charge in [-0.2, -0.15) is 5.26 Å². The first-order chi connectivity index (χ1) is 11.7. The van der Waals surface area contributed by atoms with Crippen molar-refractivity contribution in [3.63, 3.8) is 0 Å². The van der Waals surface area contributed by atoms with Crippen LogP contribution in [0.4, 0.5) is 11.4 Å². The van der Waals surface area contributed by atoms with Gasteiger partial charge in [0.1, 0.15) is 17.6 Å². The summed E-state index contributed by atoms with van der Waals surface area (Å²) in [4.78, 5) is 4.29. The Bertz CT molecular complexity index is 955. The van der Waals surface area contributed by atoms with Crippen molar-refractivity contribution in [2.24, 2.45) is 0 Å². The van der Waals surface area contributed by atoms with Crippen molar-refractivity contribution in [2.45, 2.75) is 0 Å². The molecule has 7 heteroatoms. The summed E-state index contributed by atoms with van der Waals surface area (Å²) in [6.07, 6.45) is 1.54. The van der Waals surface area contributed by atoms with Crippen LogP contribution in [0.15, 0.2) is 42.6 Å². The largest absolute Gasteiger partial charge is 0.497 e. The van der Waals surface area contributed by atoms with E-state index < -0.39 is 0 Å². The van der Waals surface area contributed by atoms with Gasteiger partial charge in [-0.3, -0.25) is 4.98 Å². The zero-order chi connectivity index (χ0) is 17.1. The first-order valence-electron chi connectivity index (χ1n) is 7.13. The minimum atomic E-state index is 0. The molecule has 3 rings (SSSR count). The molecule has 0 radical (unpaired) electrons. The van der Waals surface area contributed by atoms with Crippen molar-refractivity contribution < 1.29 is 9.47 Å². The number of benzene rings is 2. The molecular formula is C18H15Cl2N3O2. The predicted octanol–water partition coefficient (Wildman–Crippen LogP) is 4.94. The molecule has 0 spiro atoms. The lowest BCUT2D eigenvalue weighted by molar-refractivity contribution is 0.395. The number of hydrogen-bond acceptors (Lipinski definition) is 5. The fourth-order valence-corrected chi connectivity index (χ4v) is 2.59. The van der Waals surface area contributed by atoms with Crippen molar-refractivity contribution >= 4 is 46.3 Å². The van der Waals surface area contributed by atoms with E-state index in [9.17, 15) is 5.26 Å². The lowest BCUT2D eigenvalue weighted by atomic mass is 10.1. The third kappa shape index (κ3) is 3.71. The van der Waals surface area contributed by atoms with Gasteiger partial charge in [0, 0.05) is 22.7 Å². The Kier molecular flexibility index (Phi) is 5.92. The first-order valence-corrected chi connectivity index (χ1v) is 7.51. The number of halogens is 2. The summed E-state index contributed by atoms with van der Waals surface area (Å²) in [5, 5.41) is 14.0. The van der Waals surface area contributed by atoms with Crippen LogP contribution in [0.2, 0.25) is 5.02 Å². The lowest BCUT2D eigenvalue weighted by Crippen LogP contribution is -1.99. The first kappa shape index (κ1) is 18.7. The van der Waals surface area contributed by atoms with Crippen molar-refractivity contribution in [3.05, 3.63) is 53.2 Å². The topological polar surface area (TPSA) is 67.2 Å². The molecule has 5 nitrogen and oxygen atoms in total. The molecule has 0 saturated carbocycles. The Morgan fingerprint density at radius 3 is 2.60 bits per heavy atom. The van der Waals surface area contributed by atoms with Gasteiger partial charge in [-0.1, -0.05) is 11.6 Å². The molecule has 1 aromatic heterocycles. The summed E-state index contributed by atoms with van der Waals surface area (Å²) in [6.45, 7) is 0. The van der Waals surface area contributed by atoms with Gasteiger partial charge in [0.25, 0.3) is 0 Å². The SMILES string of the molecule is COc1ccc(Nc2c(C#N)cnc3ccc(Cl)cc23)c(OC)c1.Cl. The van der Waals surface area contributed by atoms with Crippen molar-refractivity contribution in [1.82, 2.24) is 4.98 Å². The molecule has 0 fully saturated rings. The third-order valence-corrected chi connectivity index (χ3v) is 3.85. The molecule has 1 heterocycles. The van der Waals surface area contributed by atoms with E-state index in [0.29, 0.717) is 33.5 Å².